The average Bonchev–Trinajstić information content (AvgIpc) is 3.13. The third kappa shape index (κ3) is 35.5. The maximum Gasteiger partial charge on any atom is 0.326 e. The van der Waals surface area contributed by atoms with Crippen LogP contribution in [0, 0.1) is 0 Å². The Morgan fingerprint density at radius 2 is 1.06 bits per heavy atom. The molecule has 7 nitrogen and oxygen atoms in total. The molecule has 0 aliphatic rings. The average molecular weight is 727 g/mol. The number of carboxylic acid groups (broad SMARTS) is 1. The largest absolute Gasteiger partial charge is 0.480 e. The van der Waals surface area contributed by atoms with Gasteiger partial charge in [0.25, 0.3) is 0 Å². The van der Waals surface area contributed by atoms with Crippen molar-refractivity contribution >= 4 is 17.8 Å². The number of esters is 1. The van der Waals surface area contributed by atoms with Crippen LogP contribution in [0.5, 0.6) is 0 Å². The molecule has 0 saturated carbocycles. The lowest BCUT2D eigenvalue weighted by Crippen LogP contribution is -2.40. The van der Waals surface area contributed by atoms with Crippen molar-refractivity contribution in [2.45, 2.75) is 199 Å². The zero-order chi connectivity index (χ0) is 38.2. The van der Waals surface area contributed by atoms with Gasteiger partial charge in [-0.3, -0.25) is 9.59 Å². The SMILES string of the molecule is CCCCC/C=C\C/C=C\C/C=C\CCCCCCCCC(=O)OC(/C=C\C/C=C\CCCCC)CCCCCCC(=O)NC(CCCN)C(=O)O. The summed E-state index contributed by atoms with van der Waals surface area (Å²) in [7, 11) is 0. The molecule has 0 bridgehead atoms. The second-order valence-electron chi connectivity index (χ2n) is 14.0. The lowest BCUT2D eigenvalue weighted by Gasteiger charge is -2.15. The third-order valence-electron chi connectivity index (χ3n) is 9.04. The van der Waals surface area contributed by atoms with Gasteiger partial charge in [-0.15, -0.1) is 0 Å². The first-order chi connectivity index (χ1) is 25.4. The summed E-state index contributed by atoms with van der Waals surface area (Å²) in [4.78, 5) is 36.3. The molecule has 0 saturated heterocycles. The molecular formula is C45H78N2O5. The second-order valence-corrected chi connectivity index (χ2v) is 14.0. The molecule has 2 unspecified atom stereocenters. The lowest BCUT2D eigenvalue weighted by atomic mass is 10.1. The first-order valence-corrected chi connectivity index (χ1v) is 21.1. The molecule has 0 spiro atoms. The quantitative estimate of drug-likeness (QED) is 0.0333. The van der Waals surface area contributed by atoms with Gasteiger partial charge >= 0.3 is 11.9 Å². The number of rotatable bonds is 37. The normalized spacial score (nSPS) is 13.3. The molecule has 0 aromatic carbocycles. The molecule has 0 radical (unpaired) electrons. The minimum absolute atomic E-state index is 0.119. The van der Waals surface area contributed by atoms with Crippen LogP contribution < -0.4 is 11.1 Å². The van der Waals surface area contributed by atoms with E-state index in [1.807, 2.05) is 6.08 Å². The molecule has 2 atom stereocenters. The van der Waals surface area contributed by atoms with Gasteiger partial charge in [-0.2, -0.15) is 0 Å². The van der Waals surface area contributed by atoms with E-state index in [4.69, 9.17) is 10.5 Å². The van der Waals surface area contributed by atoms with E-state index in [2.05, 4.69) is 73.8 Å². The van der Waals surface area contributed by atoms with Crippen LogP contribution in [0.3, 0.4) is 0 Å². The predicted octanol–water partition coefficient (Wildman–Crippen LogP) is 11.8. The number of aliphatic carboxylic acids is 1. The molecule has 0 aromatic rings. The van der Waals surface area contributed by atoms with Gasteiger partial charge in [-0.25, -0.2) is 4.79 Å². The van der Waals surface area contributed by atoms with E-state index in [-0.39, 0.29) is 18.0 Å². The number of allylic oxidation sites excluding steroid dienone is 9. The molecular weight excluding hydrogens is 649 g/mol. The van der Waals surface area contributed by atoms with Gasteiger partial charge in [0.05, 0.1) is 0 Å². The van der Waals surface area contributed by atoms with E-state index in [0.717, 1.165) is 77.0 Å². The third-order valence-corrected chi connectivity index (χ3v) is 9.04. The van der Waals surface area contributed by atoms with Crippen LogP contribution in [0.1, 0.15) is 187 Å². The van der Waals surface area contributed by atoms with Crippen molar-refractivity contribution in [3.63, 3.8) is 0 Å². The van der Waals surface area contributed by atoms with Gasteiger partial charge in [0.1, 0.15) is 12.1 Å². The Kier molecular flexibility index (Phi) is 37.1. The second kappa shape index (κ2) is 39.3. The smallest absolute Gasteiger partial charge is 0.326 e. The van der Waals surface area contributed by atoms with Crippen LogP contribution in [0.2, 0.25) is 0 Å². The van der Waals surface area contributed by atoms with E-state index < -0.39 is 12.0 Å². The first kappa shape index (κ1) is 49.1. The molecule has 0 fully saturated rings. The van der Waals surface area contributed by atoms with E-state index in [1.54, 1.807) is 0 Å². The summed E-state index contributed by atoms with van der Waals surface area (Å²) in [5.41, 5.74) is 5.48. The molecule has 0 aliphatic carbocycles. The van der Waals surface area contributed by atoms with Gasteiger partial charge in [0.2, 0.25) is 5.91 Å². The molecule has 52 heavy (non-hydrogen) atoms. The number of hydrogen-bond donors (Lipinski definition) is 3. The summed E-state index contributed by atoms with van der Waals surface area (Å²) in [6.07, 6.45) is 48.5. The molecule has 4 N–H and O–H groups in total. The fraction of sp³-hybridized carbons (Fsp3) is 0.711. The monoisotopic (exact) mass is 727 g/mol. The highest BCUT2D eigenvalue weighted by atomic mass is 16.5. The molecule has 1 amide bonds. The summed E-state index contributed by atoms with van der Waals surface area (Å²) in [5, 5.41) is 11.9. The number of carbonyl (C=O) groups excluding carboxylic acids is 2. The Morgan fingerprint density at radius 3 is 1.62 bits per heavy atom. The number of carboxylic acids is 1. The van der Waals surface area contributed by atoms with Crippen LogP contribution in [-0.4, -0.2) is 41.6 Å². The van der Waals surface area contributed by atoms with Crippen molar-refractivity contribution in [2.75, 3.05) is 6.54 Å². The van der Waals surface area contributed by atoms with Gasteiger partial charge in [0.15, 0.2) is 0 Å². The van der Waals surface area contributed by atoms with Crippen molar-refractivity contribution in [3.8, 4) is 0 Å². The fourth-order valence-corrected chi connectivity index (χ4v) is 5.82. The van der Waals surface area contributed by atoms with E-state index in [9.17, 15) is 19.5 Å². The number of amides is 1. The van der Waals surface area contributed by atoms with Crippen LogP contribution >= 0.6 is 0 Å². The lowest BCUT2D eigenvalue weighted by molar-refractivity contribution is -0.147. The maximum atomic E-state index is 12.7. The van der Waals surface area contributed by atoms with E-state index >= 15 is 0 Å². The van der Waals surface area contributed by atoms with Crippen molar-refractivity contribution in [2.24, 2.45) is 5.73 Å². The van der Waals surface area contributed by atoms with Gasteiger partial charge in [-0.1, -0.05) is 133 Å². The Balaban J connectivity index is 4.30. The summed E-state index contributed by atoms with van der Waals surface area (Å²) < 4.78 is 5.90. The van der Waals surface area contributed by atoms with Crippen LogP contribution in [0.25, 0.3) is 0 Å². The standard InChI is InChI=1S/C45H78N2O5/c1-3-5-7-9-11-13-14-15-16-17-18-19-20-21-22-23-25-27-33-39-44(49)52-41(35-30-26-24-12-10-8-6-4-2)36-31-28-29-32-38-43(48)47-42(45(50)51)37-34-40-46/h11-13,15-16,18-19,24,30,35,41-42H,3-10,14,17,20-23,25-29,31-34,36-40,46H2,1-2H3,(H,47,48)(H,50,51)/b13-11-,16-15-,19-18-,24-12-,35-30-. The fourth-order valence-electron chi connectivity index (χ4n) is 5.82. The van der Waals surface area contributed by atoms with Gasteiger partial charge in [0, 0.05) is 12.8 Å². The number of hydrogen-bond acceptors (Lipinski definition) is 5. The number of unbranched alkanes of at least 4 members (excludes halogenated alkanes) is 15. The topological polar surface area (TPSA) is 119 Å². The van der Waals surface area contributed by atoms with Crippen molar-refractivity contribution in [1.29, 1.82) is 0 Å². The number of carbonyl (C=O) groups is 3. The Morgan fingerprint density at radius 1 is 0.577 bits per heavy atom. The highest BCUT2D eigenvalue weighted by Gasteiger charge is 2.19. The Labute approximate surface area is 319 Å². The van der Waals surface area contributed by atoms with Gasteiger partial charge < -0.3 is 20.9 Å². The Bertz CT molecular complexity index is 1000. The Hall–Kier alpha value is -2.93. The summed E-state index contributed by atoms with van der Waals surface area (Å²) >= 11 is 0. The van der Waals surface area contributed by atoms with E-state index in [0.29, 0.717) is 38.6 Å². The van der Waals surface area contributed by atoms with Crippen LogP contribution in [0.15, 0.2) is 60.8 Å². The van der Waals surface area contributed by atoms with E-state index in [1.165, 1.54) is 64.2 Å². The minimum Gasteiger partial charge on any atom is -0.480 e. The molecule has 298 valence electrons. The first-order valence-electron chi connectivity index (χ1n) is 21.1. The number of nitrogens with two attached hydrogens (primary N) is 1. The molecule has 0 heterocycles. The van der Waals surface area contributed by atoms with Crippen molar-refractivity contribution in [1.82, 2.24) is 5.32 Å². The van der Waals surface area contributed by atoms with Crippen LogP contribution in [0.4, 0.5) is 0 Å². The van der Waals surface area contributed by atoms with Crippen molar-refractivity contribution in [3.05, 3.63) is 60.8 Å². The van der Waals surface area contributed by atoms with Crippen LogP contribution in [-0.2, 0) is 19.1 Å². The molecule has 0 aliphatic heterocycles. The zero-order valence-corrected chi connectivity index (χ0v) is 33.4. The van der Waals surface area contributed by atoms with Crippen molar-refractivity contribution < 1.29 is 24.2 Å². The maximum absolute atomic E-state index is 12.7. The number of ether oxygens (including phenoxy) is 1. The summed E-state index contributed by atoms with van der Waals surface area (Å²) in [5.74, 6) is -1.37. The minimum atomic E-state index is -1.02. The zero-order valence-electron chi connectivity index (χ0n) is 33.4. The predicted molar refractivity (Wildman–Crippen MR) is 220 cm³/mol. The highest BCUT2D eigenvalue weighted by Crippen LogP contribution is 2.15. The summed E-state index contributed by atoms with van der Waals surface area (Å²) in [6.45, 7) is 4.85. The highest BCUT2D eigenvalue weighted by molar-refractivity contribution is 5.83. The number of nitrogens with one attached hydrogen (secondary N) is 1. The molecule has 0 aromatic heterocycles. The van der Waals surface area contributed by atoms with Gasteiger partial charge in [-0.05, 0) is 109 Å². The summed E-state index contributed by atoms with van der Waals surface area (Å²) in [6, 6.07) is -0.877. The molecule has 0 rings (SSSR count). The molecule has 7 heteroatoms.